The molecular weight excluding hydrogens is 256 g/mol. The number of para-hydroxylation sites is 1. The molecule has 2 N–H and O–H groups in total. The van der Waals surface area contributed by atoms with Gasteiger partial charge < -0.3 is 19.4 Å². The molecule has 0 fully saturated rings. The van der Waals surface area contributed by atoms with E-state index < -0.39 is 5.97 Å². The van der Waals surface area contributed by atoms with E-state index in [-0.39, 0.29) is 5.69 Å². The van der Waals surface area contributed by atoms with Gasteiger partial charge in [0.05, 0.1) is 12.6 Å². The smallest absolute Gasteiger partial charge is 0.352 e. The molecule has 0 saturated carbocycles. The summed E-state index contributed by atoms with van der Waals surface area (Å²) < 4.78 is 7.35. The SMILES string of the molecule is COc1cccc2c(-c3ccc(C(=O)O)[nH]3)cn(C)c12. The van der Waals surface area contributed by atoms with Crippen LogP contribution in [-0.4, -0.2) is 27.7 Å². The lowest BCUT2D eigenvalue weighted by Gasteiger charge is -2.03. The molecule has 0 atom stereocenters. The van der Waals surface area contributed by atoms with E-state index in [2.05, 4.69) is 4.98 Å². The maximum atomic E-state index is 11.0. The maximum Gasteiger partial charge on any atom is 0.352 e. The second-order valence-corrected chi connectivity index (χ2v) is 4.60. The molecule has 0 aliphatic carbocycles. The summed E-state index contributed by atoms with van der Waals surface area (Å²) in [7, 11) is 3.58. The van der Waals surface area contributed by atoms with Crippen LogP contribution in [0.1, 0.15) is 10.5 Å². The fraction of sp³-hybridized carbons (Fsp3) is 0.133. The fourth-order valence-corrected chi connectivity index (χ4v) is 2.49. The van der Waals surface area contributed by atoms with E-state index in [1.165, 1.54) is 0 Å². The Morgan fingerprint density at radius 1 is 1.30 bits per heavy atom. The zero-order chi connectivity index (χ0) is 14.3. The number of hydrogen-bond donors (Lipinski definition) is 2. The molecule has 20 heavy (non-hydrogen) atoms. The van der Waals surface area contributed by atoms with Crippen molar-refractivity contribution in [2.24, 2.45) is 7.05 Å². The number of aromatic carboxylic acids is 1. The highest BCUT2D eigenvalue weighted by molar-refractivity contribution is 5.99. The van der Waals surface area contributed by atoms with Gasteiger partial charge in [-0.1, -0.05) is 12.1 Å². The third-order valence-electron chi connectivity index (χ3n) is 3.39. The second kappa shape index (κ2) is 4.45. The summed E-state index contributed by atoms with van der Waals surface area (Å²) >= 11 is 0. The molecule has 2 heterocycles. The summed E-state index contributed by atoms with van der Waals surface area (Å²) in [4.78, 5) is 13.9. The van der Waals surface area contributed by atoms with Gasteiger partial charge in [0.1, 0.15) is 11.4 Å². The number of rotatable bonds is 3. The van der Waals surface area contributed by atoms with Crippen LogP contribution in [0.3, 0.4) is 0 Å². The van der Waals surface area contributed by atoms with Crippen molar-refractivity contribution in [2.45, 2.75) is 0 Å². The van der Waals surface area contributed by atoms with E-state index in [0.717, 1.165) is 27.9 Å². The number of nitrogens with zero attached hydrogens (tertiary/aromatic N) is 1. The number of nitrogens with one attached hydrogen (secondary N) is 1. The lowest BCUT2D eigenvalue weighted by molar-refractivity contribution is 0.0691. The molecule has 0 amide bonds. The molecule has 3 rings (SSSR count). The number of benzene rings is 1. The summed E-state index contributed by atoms with van der Waals surface area (Å²) in [5.74, 6) is -0.171. The van der Waals surface area contributed by atoms with E-state index in [0.29, 0.717) is 0 Å². The largest absolute Gasteiger partial charge is 0.495 e. The van der Waals surface area contributed by atoms with Gasteiger partial charge in [0.2, 0.25) is 0 Å². The molecule has 1 aromatic carbocycles. The predicted octanol–water partition coefficient (Wildman–Crippen LogP) is 2.88. The Labute approximate surface area is 115 Å². The molecule has 0 saturated heterocycles. The summed E-state index contributed by atoms with van der Waals surface area (Å²) in [6.07, 6.45) is 1.96. The Morgan fingerprint density at radius 3 is 2.75 bits per heavy atom. The molecule has 0 aliphatic heterocycles. The topological polar surface area (TPSA) is 67.2 Å². The molecule has 0 bridgehead atoms. The van der Waals surface area contributed by atoms with Crippen LogP contribution in [-0.2, 0) is 7.05 Å². The number of aryl methyl sites for hydroxylation is 1. The fourth-order valence-electron chi connectivity index (χ4n) is 2.49. The van der Waals surface area contributed by atoms with Crippen molar-refractivity contribution >= 4 is 16.9 Å². The van der Waals surface area contributed by atoms with E-state index in [1.807, 2.05) is 36.0 Å². The second-order valence-electron chi connectivity index (χ2n) is 4.60. The highest BCUT2D eigenvalue weighted by Crippen LogP contribution is 2.34. The van der Waals surface area contributed by atoms with Crippen molar-refractivity contribution in [3.63, 3.8) is 0 Å². The molecule has 102 valence electrons. The third kappa shape index (κ3) is 1.75. The number of carboxylic acid groups (broad SMARTS) is 1. The van der Waals surface area contributed by atoms with Gasteiger partial charge in [0.25, 0.3) is 0 Å². The van der Waals surface area contributed by atoms with Crippen LogP contribution in [0, 0.1) is 0 Å². The van der Waals surface area contributed by atoms with Gasteiger partial charge in [-0.15, -0.1) is 0 Å². The van der Waals surface area contributed by atoms with Crippen molar-refractivity contribution in [3.05, 3.63) is 42.2 Å². The highest BCUT2D eigenvalue weighted by atomic mass is 16.5. The molecule has 5 nitrogen and oxygen atoms in total. The van der Waals surface area contributed by atoms with Crippen LogP contribution >= 0.6 is 0 Å². The van der Waals surface area contributed by atoms with Gasteiger partial charge in [-0.3, -0.25) is 0 Å². The lowest BCUT2D eigenvalue weighted by Crippen LogP contribution is -1.95. The number of fused-ring (bicyclic) bond motifs is 1. The first-order valence-corrected chi connectivity index (χ1v) is 6.16. The number of methoxy groups -OCH3 is 1. The molecule has 0 spiro atoms. The summed E-state index contributed by atoms with van der Waals surface area (Å²) in [5, 5.41) is 10.0. The minimum atomic E-state index is -0.964. The zero-order valence-corrected chi connectivity index (χ0v) is 11.2. The third-order valence-corrected chi connectivity index (χ3v) is 3.39. The van der Waals surface area contributed by atoms with E-state index >= 15 is 0 Å². The number of carboxylic acids is 1. The van der Waals surface area contributed by atoms with Crippen molar-refractivity contribution in [2.75, 3.05) is 7.11 Å². The van der Waals surface area contributed by atoms with E-state index in [4.69, 9.17) is 9.84 Å². The van der Waals surface area contributed by atoms with Crippen LogP contribution in [0.4, 0.5) is 0 Å². The normalized spacial score (nSPS) is 10.9. The Morgan fingerprint density at radius 2 is 2.10 bits per heavy atom. The maximum absolute atomic E-state index is 11.0. The first-order chi connectivity index (χ1) is 9.61. The average Bonchev–Trinajstić information content (AvgIpc) is 3.04. The van der Waals surface area contributed by atoms with Gasteiger partial charge in [-0.05, 0) is 18.2 Å². The van der Waals surface area contributed by atoms with Crippen LogP contribution in [0.5, 0.6) is 5.75 Å². The minimum Gasteiger partial charge on any atom is -0.495 e. The number of hydrogen-bond acceptors (Lipinski definition) is 2. The standard InChI is InChI=1S/C15H14N2O3/c1-17-8-10(11-6-7-12(16-11)15(18)19)9-4-3-5-13(20-2)14(9)17/h3-8,16H,1-2H3,(H,18,19). The predicted molar refractivity (Wildman–Crippen MR) is 76.2 cm³/mol. The van der Waals surface area contributed by atoms with Gasteiger partial charge in [0.15, 0.2) is 0 Å². The van der Waals surface area contributed by atoms with Crippen LogP contribution in [0.15, 0.2) is 36.5 Å². The van der Waals surface area contributed by atoms with Crippen molar-refractivity contribution in [1.82, 2.24) is 9.55 Å². The van der Waals surface area contributed by atoms with Gasteiger partial charge >= 0.3 is 5.97 Å². The average molecular weight is 270 g/mol. The Balaban J connectivity index is 2.23. The summed E-state index contributed by atoms with van der Waals surface area (Å²) in [6, 6.07) is 9.16. The molecule has 2 aromatic heterocycles. The minimum absolute atomic E-state index is 0.180. The molecule has 5 heteroatoms. The quantitative estimate of drug-likeness (QED) is 0.769. The molecule has 0 radical (unpaired) electrons. The monoisotopic (exact) mass is 270 g/mol. The van der Waals surface area contributed by atoms with Crippen LogP contribution in [0.2, 0.25) is 0 Å². The van der Waals surface area contributed by atoms with Gasteiger partial charge in [0, 0.05) is 29.9 Å². The molecule has 3 aromatic rings. The molecular formula is C15H14N2O3. The Hall–Kier alpha value is -2.69. The number of aromatic nitrogens is 2. The van der Waals surface area contributed by atoms with Gasteiger partial charge in [-0.2, -0.15) is 0 Å². The van der Waals surface area contributed by atoms with Crippen LogP contribution in [0.25, 0.3) is 22.2 Å². The number of ether oxygens (including phenoxy) is 1. The Bertz CT molecular complexity index is 799. The van der Waals surface area contributed by atoms with Crippen molar-refractivity contribution in [3.8, 4) is 17.0 Å². The summed E-state index contributed by atoms with van der Waals surface area (Å²) in [5.41, 5.74) is 2.89. The number of carbonyl (C=O) groups is 1. The molecule has 0 unspecified atom stereocenters. The van der Waals surface area contributed by atoms with Crippen molar-refractivity contribution < 1.29 is 14.6 Å². The van der Waals surface area contributed by atoms with E-state index in [1.54, 1.807) is 19.2 Å². The Kier molecular flexibility index (Phi) is 2.75. The number of aromatic amines is 1. The van der Waals surface area contributed by atoms with E-state index in [9.17, 15) is 4.79 Å². The highest BCUT2D eigenvalue weighted by Gasteiger charge is 2.14. The van der Waals surface area contributed by atoms with Crippen LogP contribution < -0.4 is 4.74 Å². The zero-order valence-electron chi connectivity index (χ0n) is 11.2. The number of H-pyrrole nitrogens is 1. The first kappa shape index (κ1) is 12.3. The molecule has 0 aliphatic rings. The first-order valence-electron chi connectivity index (χ1n) is 6.16. The summed E-state index contributed by atoms with van der Waals surface area (Å²) in [6.45, 7) is 0. The van der Waals surface area contributed by atoms with Crippen molar-refractivity contribution in [1.29, 1.82) is 0 Å². The lowest BCUT2D eigenvalue weighted by atomic mass is 10.1. The van der Waals surface area contributed by atoms with Gasteiger partial charge in [-0.25, -0.2) is 4.79 Å².